The second-order valence-electron chi connectivity index (χ2n) is 5.58. The normalized spacial score (nSPS) is 13.4. The lowest BCUT2D eigenvalue weighted by molar-refractivity contribution is -0.116. The second-order valence-corrected chi connectivity index (χ2v) is 5.58. The van der Waals surface area contributed by atoms with Crippen molar-refractivity contribution in [3.05, 3.63) is 59.4 Å². The van der Waals surface area contributed by atoms with Crippen LogP contribution in [0.15, 0.2) is 42.5 Å². The van der Waals surface area contributed by atoms with Crippen LogP contribution in [0.5, 0.6) is 0 Å². The Hall–Kier alpha value is -2.69. The van der Waals surface area contributed by atoms with E-state index in [0.717, 1.165) is 24.1 Å². The maximum absolute atomic E-state index is 13.2. The first-order chi connectivity index (χ1) is 11.0. The molecular formula is C18H17FN2O2. The number of halogens is 1. The van der Waals surface area contributed by atoms with E-state index >= 15 is 0 Å². The van der Waals surface area contributed by atoms with Gasteiger partial charge in [-0.15, -0.1) is 0 Å². The molecule has 0 saturated carbocycles. The SMILES string of the molecule is CC(=O)N1CCCc2ccc(NC(=O)c3cccc(F)c3)cc21. The number of nitrogens with one attached hydrogen (secondary N) is 1. The van der Waals surface area contributed by atoms with Crippen LogP contribution in [0.3, 0.4) is 0 Å². The Bertz CT molecular complexity index is 773. The Labute approximate surface area is 133 Å². The highest BCUT2D eigenvalue weighted by molar-refractivity contribution is 6.05. The number of carbonyl (C=O) groups is 2. The molecule has 0 fully saturated rings. The average Bonchev–Trinajstić information content (AvgIpc) is 2.54. The monoisotopic (exact) mass is 312 g/mol. The van der Waals surface area contributed by atoms with Gasteiger partial charge in [-0.05, 0) is 48.7 Å². The molecule has 23 heavy (non-hydrogen) atoms. The molecule has 0 aromatic heterocycles. The van der Waals surface area contributed by atoms with Crippen LogP contribution in [-0.4, -0.2) is 18.4 Å². The summed E-state index contributed by atoms with van der Waals surface area (Å²) in [6, 6.07) is 11.1. The molecule has 1 N–H and O–H groups in total. The van der Waals surface area contributed by atoms with Gasteiger partial charge in [0.1, 0.15) is 5.82 Å². The minimum Gasteiger partial charge on any atom is -0.322 e. The van der Waals surface area contributed by atoms with E-state index in [-0.39, 0.29) is 17.4 Å². The number of aryl methyl sites for hydroxylation is 1. The number of hydrogen-bond acceptors (Lipinski definition) is 2. The summed E-state index contributed by atoms with van der Waals surface area (Å²) in [6.07, 6.45) is 1.85. The number of anilines is 2. The van der Waals surface area contributed by atoms with E-state index in [4.69, 9.17) is 0 Å². The van der Waals surface area contributed by atoms with Crippen LogP contribution in [0.2, 0.25) is 0 Å². The van der Waals surface area contributed by atoms with Crippen molar-refractivity contribution in [2.45, 2.75) is 19.8 Å². The standard InChI is InChI=1S/C18H17FN2O2/c1-12(22)21-9-3-5-13-7-8-16(11-17(13)21)20-18(23)14-4-2-6-15(19)10-14/h2,4,6-8,10-11H,3,5,9H2,1H3,(H,20,23). The summed E-state index contributed by atoms with van der Waals surface area (Å²) in [5.74, 6) is -0.847. The summed E-state index contributed by atoms with van der Waals surface area (Å²) in [5, 5.41) is 2.75. The van der Waals surface area contributed by atoms with Gasteiger partial charge in [0.05, 0.1) is 0 Å². The first-order valence-corrected chi connectivity index (χ1v) is 7.52. The fourth-order valence-electron chi connectivity index (χ4n) is 2.81. The van der Waals surface area contributed by atoms with E-state index in [1.165, 1.54) is 25.1 Å². The molecule has 0 bridgehead atoms. The third kappa shape index (κ3) is 3.23. The van der Waals surface area contributed by atoms with E-state index in [1.54, 1.807) is 23.1 Å². The number of fused-ring (bicyclic) bond motifs is 1. The van der Waals surface area contributed by atoms with E-state index < -0.39 is 5.82 Å². The number of nitrogens with zero attached hydrogens (tertiary/aromatic N) is 1. The molecule has 4 nitrogen and oxygen atoms in total. The molecule has 2 aromatic rings. The molecule has 0 spiro atoms. The molecule has 1 heterocycles. The molecular weight excluding hydrogens is 295 g/mol. The number of rotatable bonds is 2. The Morgan fingerprint density at radius 3 is 2.74 bits per heavy atom. The highest BCUT2D eigenvalue weighted by Gasteiger charge is 2.20. The Morgan fingerprint density at radius 1 is 1.17 bits per heavy atom. The van der Waals surface area contributed by atoms with Crippen molar-refractivity contribution in [2.75, 3.05) is 16.8 Å². The molecule has 0 saturated heterocycles. The molecule has 1 aliphatic rings. The summed E-state index contributed by atoms with van der Waals surface area (Å²) >= 11 is 0. The topological polar surface area (TPSA) is 49.4 Å². The van der Waals surface area contributed by atoms with Crippen LogP contribution in [0, 0.1) is 5.82 Å². The van der Waals surface area contributed by atoms with Gasteiger partial charge in [0.25, 0.3) is 5.91 Å². The first-order valence-electron chi connectivity index (χ1n) is 7.52. The molecule has 118 valence electrons. The van der Waals surface area contributed by atoms with Gasteiger partial charge in [-0.2, -0.15) is 0 Å². The van der Waals surface area contributed by atoms with Gasteiger partial charge >= 0.3 is 0 Å². The number of amides is 2. The van der Waals surface area contributed by atoms with Gasteiger partial charge in [0.2, 0.25) is 5.91 Å². The fourth-order valence-corrected chi connectivity index (χ4v) is 2.81. The van der Waals surface area contributed by atoms with Crippen LogP contribution in [0.1, 0.15) is 29.3 Å². The van der Waals surface area contributed by atoms with Crippen molar-refractivity contribution < 1.29 is 14.0 Å². The van der Waals surface area contributed by atoms with Crippen molar-refractivity contribution in [3.63, 3.8) is 0 Å². The quantitative estimate of drug-likeness (QED) is 0.924. The van der Waals surface area contributed by atoms with Crippen LogP contribution in [0.25, 0.3) is 0 Å². The number of carbonyl (C=O) groups excluding carboxylic acids is 2. The maximum Gasteiger partial charge on any atom is 0.255 e. The van der Waals surface area contributed by atoms with Crippen LogP contribution in [-0.2, 0) is 11.2 Å². The largest absolute Gasteiger partial charge is 0.322 e. The van der Waals surface area contributed by atoms with Crippen molar-refractivity contribution in [1.82, 2.24) is 0 Å². The lowest BCUT2D eigenvalue weighted by atomic mass is 10.0. The van der Waals surface area contributed by atoms with Crippen molar-refractivity contribution in [2.24, 2.45) is 0 Å². The zero-order valence-electron chi connectivity index (χ0n) is 12.8. The first kappa shape index (κ1) is 15.2. The highest BCUT2D eigenvalue weighted by Crippen LogP contribution is 2.30. The molecule has 5 heteroatoms. The number of benzene rings is 2. The zero-order valence-corrected chi connectivity index (χ0v) is 12.8. The summed E-state index contributed by atoms with van der Waals surface area (Å²) in [7, 11) is 0. The van der Waals surface area contributed by atoms with Gasteiger partial charge in [0, 0.05) is 30.4 Å². The van der Waals surface area contributed by atoms with E-state index in [0.29, 0.717) is 12.2 Å². The van der Waals surface area contributed by atoms with Crippen LogP contribution >= 0.6 is 0 Å². The average molecular weight is 312 g/mol. The molecule has 0 unspecified atom stereocenters. The zero-order chi connectivity index (χ0) is 16.4. The van der Waals surface area contributed by atoms with E-state index in [9.17, 15) is 14.0 Å². The predicted octanol–water partition coefficient (Wildman–Crippen LogP) is 3.38. The van der Waals surface area contributed by atoms with Gasteiger partial charge < -0.3 is 10.2 Å². The third-order valence-corrected chi connectivity index (χ3v) is 3.93. The molecule has 3 rings (SSSR count). The molecule has 1 aliphatic heterocycles. The van der Waals surface area contributed by atoms with Crippen LogP contribution < -0.4 is 10.2 Å². The van der Waals surface area contributed by atoms with Gasteiger partial charge in [-0.3, -0.25) is 9.59 Å². The maximum atomic E-state index is 13.2. The lowest BCUT2D eigenvalue weighted by Crippen LogP contribution is -2.33. The van der Waals surface area contributed by atoms with Crippen molar-refractivity contribution in [1.29, 1.82) is 0 Å². The molecule has 2 amide bonds. The van der Waals surface area contributed by atoms with Gasteiger partial charge in [0.15, 0.2) is 0 Å². The van der Waals surface area contributed by atoms with E-state index in [1.807, 2.05) is 6.07 Å². The minimum absolute atomic E-state index is 0.0143. The lowest BCUT2D eigenvalue weighted by Gasteiger charge is -2.29. The highest BCUT2D eigenvalue weighted by atomic mass is 19.1. The molecule has 0 aliphatic carbocycles. The summed E-state index contributed by atoms with van der Waals surface area (Å²) in [5.41, 5.74) is 2.77. The Balaban J connectivity index is 1.85. The van der Waals surface area contributed by atoms with Crippen molar-refractivity contribution >= 4 is 23.2 Å². The number of hydrogen-bond donors (Lipinski definition) is 1. The molecule has 0 radical (unpaired) electrons. The summed E-state index contributed by atoms with van der Waals surface area (Å²) in [4.78, 5) is 25.7. The summed E-state index contributed by atoms with van der Waals surface area (Å²) < 4.78 is 13.2. The molecule has 0 atom stereocenters. The fraction of sp³-hybridized carbons (Fsp3) is 0.222. The van der Waals surface area contributed by atoms with Gasteiger partial charge in [-0.25, -0.2) is 4.39 Å². The van der Waals surface area contributed by atoms with Crippen LogP contribution in [0.4, 0.5) is 15.8 Å². The third-order valence-electron chi connectivity index (χ3n) is 3.93. The van der Waals surface area contributed by atoms with Gasteiger partial charge in [-0.1, -0.05) is 12.1 Å². The molecule has 2 aromatic carbocycles. The summed E-state index contributed by atoms with van der Waals surface area (Å²) in [6.45, 7) is 2.22. The Morgan fingerprint density at radius 2 is 2.00 bits per heavy atom. The smallest absolute Gasteiger partial charge is 0.255 e. The van der Waals surface area contributed by atoms with Crippen molar-refractivity contribution in [3.8, 4) is 0 Å². The predicted molar refractivity (Wildman–Crippen MR) is 87.1 cm³/mol. The second kappa shape index (κ2) is 6.20. The Kier molecular flexibility index (Phi) is 4.10. The van der Waals surface area contributed by atoms with E-state index in [2.05, 4.69) is 5.32 Å². The minimum atomic E-state index is -0.453.